The van der Waals surface area contributed by atoms with Gasteiger partial charge in [-0.15, -0.1) is 0 Å². The third-order valence-corrected chi connectivity index (χ3v) is 2.84. The van der Waals surface area contributed by atoms with E-state index >= 15 is 0 Å². The van der Waals surface area contributed by atoms with E-state index < -0.39 is 5.82 Å². The fourth-order valence-corrected chi connectivity index (χ4v) is 1.76. The second-order valence-corrected chi connectivity index (χ2v) is 4.37. The minimum absolute atomic E-state index is 0.0228. The Bertz CT molecular complexity index is 674. The highest BCUT2D eigenvalue weighted by Crippen LogP contribution is 2.22. The topological polar surface area (TPSA) is 62.7 Å². The van der Waals surface area contributed by atoms with Crippen LogP contribution in [-0.4, -0.2) is 25.8 Å². The number of para-hydroxylation sites is 2. The first-order chi connectivity index (χ1) is 10.7. The number of anilines is 1. The quantitative estimate of drug-likeness (QED) is 0.636. The zero-order valence-electron chi connectivity index (χ0n) is 12.0. The third kappa shape index (κ3) is 4.31. The minimum Gasteiger partial charge on any atom is -0.495 e. The number of nitrogens with one attached hydrogen (secondary N) is 2. The second-order valence-electron chi connectivity index (χ2n) is 4.37. The van der Waals surface area contributed by atoms with Crippen LogP contribution in [0.4, 0.5) is 10.1 Å². The fourth-order valence-electron chi connectivity index (χ4n) is 1.76. The van der Waals surface area contributed by atoms with Gasteiger partial charge in [-0.1, -0.05) is 30.3 Å². The van der Waals surface area contributed by atoms with Gasteiger partial charge in [0.25, 0.3) is 5.91 Å². The molecule has 2 rings (SSSR count). The van der Waals surface area contributed by atoms with Crippen molar-refractivity contribution in [3.63, 3.8) is 0 Å². The molecule has 0 aliphatic carbocycles. The number of nitrogens with zero attached hydrogens (tertiary/aromatic N) is 1. The Morgan fingerprint density at radius 1 is 1.23 bits per heavy atom. The van der Waals surface area contributed by atoms with Crippen LogP contribution in [0.2, 0.25) is 0 Å². The number of methoxy groups -OCH3 is 1. The number of rotatable bonds is 6. The number of hydrogen-bond acceptors (Lipinski definition) is 4. The van der Waals surface area contributed by atoms with E-state index in [0.29, 0.717) is 17.0 Å². The molecule has 0 saturated carbocycles. The Balaban J connectivity index is 1.85. The zero-order valence-corrected chi connectivity index (χ0v) is 12.0. The third-order valence-electron chi connectivity index (χ3n) is 2.84. The van der Waals surface area contributed by atoms with Crippen LogP contribution in [0.15, 0.2) is 53.6 Å². The highest BCUT2D eigenvalue weighted by atomic mass is 19.1. The first kappa shape index (κ1) is 15.5. The Labute approximate surface area is 127 Å². The first-order valence-electron chi connectivity index (χ1n) is 6.64. The van der Waals surface area contributed by atoms with Gasteiger partial charge in [0.05, 0.1) is 25.6 Å². The Morgan fingerprint density at radius 3 is 2.73 bits per heavy atom. The van der Waals surface area contributed by atoms with Crippen LogP contribution < -0.4 is 15.5 Å². The van der Waals surface area contributed by atoms with Gasteiger partial charge in [0, 0.05) is 5.56 Å². The normalized spacial score (nSPS) is 10.5. The molecule has 2 aromatic carbocycles. The SMILES string of the molecule is COc1ccccc1NCC(=O)NN=Cc1ccccc1F. The Kier molecular flexibility index (Phi) is 5.48. The molecule has 0 aliphatic rings. The van der Waals surface area contributed by atoms with E-state index in [1.165, 1.54) is 12.3 Å². The number of ether oxygens (including phenoxy) is 1. The van der Waals surface area contributed by atoms with Crippen LogP contribution in [0.3, 0.4) is 0 Å². The van der Waals surface area contributed by atoms with Gasteiger partial charge in [0.2, 0.25) is 0 Å². The second kappa shape index (κ2) is 7.78. The van der Waals surface area contributed by atoms with Gasteiger partial charge in [-0.05, 0) is 18.2 Å². The van der Waals surface area contributed by atoms with Crippen LogP contribution in [0.25, 0.3) is 0 Å². The smallest absolute Gasteiger partial charge is 0.259 e. The maximum Gasteiger partial charge on any atom is 0.259 e. The van der Waals surface area contributed by atoms with Gasteiger partial charge >= 0.3 is 0 Å². The van der Waals surface area contributed by atoms with Gasteiger partial charge in [0.1, 0.15) is 11.6 Å². The molecule has 0 aliphatic heterocycles. The molecule has 6 heteroatoms. The number of hydrogen-bond donors (Lipinski definition) is 2. The molecule has 22 heavy (non-hydrogen) atoms. The summed E-state index contributed by atoms with van der Waals surface area (Å²) < 4.78 is 18.5. The number of carbonyl (C=O) groups is 1. The van der Waals surface area contributed by atoms with Crippen molar-refractivity contribution in [1.82, 2.24) is 5.43 Å². The van der Waals surface area contributed by atoms with Crippen molar-refractivity contribution in [1.29, 1.82) is 0 Å². The number of halogens is 1. The summed E-state index contributed by atoms with van der Waals surface area (Å²) >= 11 is 0. The molecule has 0 aromatic heterocycles. The first-order valence-corrected chi connectivity index (χ1v) is 6.64. The van der Waals surface area contributed by atoms with Crippen molar-refractivity contribution in [3.8, 4) is 5.75 Å². The molecular weight excluding hydrogens is 285 g/mol. The van der Waals surface area contributed by atoms with E-state index in [4.69, 9.17) is 4.74 Å². The number of amides is 1. The lowest BCUT2D eigenvalue weighted by molar-refractivity contribution is -0.119. The highest BCUT2D eigenvalue weighted by Gasteiger charge is 2.04. The predicted octanol–water partition coefficient (Wildman–Crippen LogP) is 2.40. The van der Waals surface area contributed by atoms with E-state index in [9.17, 15) is 9.18 Å². The minimum atomic E-state index is -0.396. The molecule has 0 bridgehead atoms. The summed E-state index contributed by atoms with van der Waals surface area (Å²) in [5.41, 5.74) is 3.34. The van der Waals surface area contributed by atoms with Crippen LogP contribution in [-0.2, 0) is 4.79 Å². The number of hydrazone groups is 1. The molecule has 2 N–H and O–H groups in total. The lowest BCUT2D eigenvalue weighted by Crippen LogP contribution is -2.26. The molecule has 0 unspecified atom stereocenters. The van der Waals surface area contributed by atoms with Crippen LogP contribution >= 0.6 is 0 Å². The van der Waals surface area contributed by atoms with Crippen molar-refractivity contribution in [2.45, 2.75) is 0 Å². The molecule has 5 nitrogen and oxygen atoms in total. The summed E-state index contributed by atoms with van der Waals surface area (Å²) in [4.78, 5) is 11.7. The molecule has 0 heterocycles. The predicted molar refractivity (Wildman–Crippen MR) is 83.6 cm³/mol. The van der Waals surface area contributed by atoms with E-state index in [1.807, 2.05) is 12.1 Å². The number of benzene rings is 2. The fraction of sp³-hybridized carbons (Fsp3) is 0.125. The van der Waals surface area contributed by atoms with Crippen molar-refractivity contribution in [2.24, 2.45) is 5.10 Å². The van der Waals surface area contributed by atoms with Crippen LogP contribution in [0.1, 0.15) is 5.56 Å². The van der Waals surface area contributed by atoms with Crippen molar-refractivity contribution in [3.05, 3.63) is 59.9 Å². The summed E-state index contributed by atoms with van der Waals surface area (Å²) in [7, 11) is 1.55. The van der Waals surface area contributed by atoms with Crippen LogP contribution in [0, 0.1) is 5.82 Å². The molecular formula is C16H16FN3O2. The summed E-state index contributed by atoms with van der Waals surface area (Å²) in [6, 6.07) is 13.4. The highest BCUT2D eigenvalue weighted by molar-refractivity contribution is 5.84. The van der Waals surface area contributed by atoms with E-state index in [0.717, 1.165) is 0 Å². The van der Waals surface area contributed by atoms with Crippen LogP contribution in [0.5, 0.6) is 5.75 Å². The number of carbonyl (C=O) groups excluding carboxylic acids is 1. The Morgan fingerprint density at radius 2 is 1.95 bits per heavy atom. The van der Waals surface area contributed by atoms with Gasteiger partial charge in [-0.25, -0.2) is 9.82 Å². The van der Waals surface area contributed by atoms with E-state index in [2.05, 4.69) is 15.8 Å². The summed E-state index contributed by atoms with van der Waals surface area (Å²) in [5, 5.41) is 6.66. The maximum absolute atomic E-state index is 13.3. The molecule has 1 amide bonds. The van der Waals surface area contributed by atoms with Gasteiger partial charge in [-0.3, -0.25) is 4.79 Å². The van der Waals surface area contributed by atoms with Gasteiger partial charge in [-0.2, -0.15) is 5.10 Å². The monoisotopic (exact) mass is 301 g/mol. The molecule has 0 saturated heterocycles. The maximum atomic E-state index is 13.3. The van der Waals surface area contributed by atoms with Gasteiger partial charge in [0.15, 0.2) is 0 Å². The zero-order chi connectivity index (χ0) is 15.8. The van der Waals surface area contributed by atoms with Crippen molar-refractivity contribution >= 4 is 17.8 Å². The standard InChI is InChI=1S/C16H16FN3O2/c1-22-15-9-5-4-8-14(15)18-11-16(21)20-19-10-12-6-2-3-7-13(12)17/h2-10,18H,11H2,1H3,(H,20,21). The molecule has 0 fully saturated rings. The molecule has 0 radical (unpaired) electrons. The van der Waals surface area contributed by atoms with Gasteiger partial charge < -0.3 is 10.1 Å². The van der Waals surface area contributed by atoms with Crippen molar-refractivity contribution in [2.75, 3.05) is 19.0 Å². The largest absolute Gasteiger partial charge is 0.495 e. The lowest BCUT2D eigenvalue weighted by Gasteiger charge is -2.09. The average Bonchev–Trinajstić information content (AvgIpc) is 2.55. The van der Waals surface area contributed by atoms with E-state index in [1.54, 1.807) is 37.4 Å². The molecule has 2 aromatic rings. The van der Waals surface area contributed by atoms with E-state index in [-0.39, 0.29) is 12.5 Å². The summed E-state index contributed by atoms with van der Waals surface area (Å²) in [6.45, 7) is 0.0228. The lowest BCUT2D eigenvalue weighted by atomic mass is 10.2. The molecule has 0 spiro atoms. The molecule has 0 atom stereocenters. The average molecular weight is 301 g/mol. The Hall–Kier alpha value is -2.89. The van der Waals surface area contributed by atoms with Crippen molar-refractivity contribution < 1.29 is 13.9 Å². The summed E-state index contributed by atoms with van der Waals surface area (Å²) in [5.74, 6) is -0.101. The summed E-state index contributed by atoms with van der Waals surface area (Å²) in [6.07, 6.45) is 1.26. The molecule has 114 valence electrons.